The zero-order chi connectivity index (χ0) is 14.9. The van der Waals surface area contributed by atoms with Crippen molar-refractivity contribution in [3.05, 3.63) is 29.3 Å². The zero-order valence-electron chi connectivity index (χ0n) is 12.4. The standard InChI is InChI=1S/C16H21NO3/c1-16(2,3)10-5-6-11(13(9-10)20-4)12-7-8-14(18)17-15(12)19/h5-6,9,12H,7-8H2,1-4H3,(H,17,18,19). The molecule has 1 saturated heterocycles. The van der Waals surface area contributed by atoms with Crippen LogP contribution in [0.4, 0.5) is 0 Å². The summed E-state index contributed by atoms with van der Waals surface area (Å²) in [6.07, 6.45) is 0.913. The van der Waals surface area contributed by atoms with Crippen molar-refractivity contribution in [3.63, 3.8) is 0 Å². The Morgan fingerprint density at radius 1 is 1.25 bits per heavy atom. The first-order valence-electron chi connectivity index (χ1n) is 6.85. The fourth-order valence-corrected chi connectivity index (χ4v) is 2.46. The highest BCUT2D eigenvalue weighted by Crippen LogP contribution is 2.35. The molecule has 0 bridgehead atoms. The van der Waals surface area contributed by atoms with Crippen LogP contribution in [0.15, 0.2) is 18.2 Å². The molecule has 1 unspecified atom stereocenters. The SMILES string of the molecule is COc1cc(C(C)(C)C)ccc1C1CCC(=O)NC1=O. The highest BCUT2D eigenvalue weighted by Gasteiger charge is 2.30. The number of hydrogen-bond donors (Lipinski definition) is 1. The monoisotopic (exact) mass is 275 g/mol. The Balaban J connectivity index is 2.37. The van der Waals surface area contributed by atoms with E-state index in [1.807, 2.05) is 18.2 Å². The fourth-order valence-electron chi connectivity index (χ4n) is 2.46. The van der Waals surface area contributed by atoms with E-state index in [4.69, 9.17) is 4.74 Å². The molecule has 1 N–H and O–H groups in total. The molecular formula is C16H21NO3. The number of carbonyl (C=O) groups is 2. The largest absolute Gasteiger partial charge is 0.496 e. The molecule has 0 aliphatic carbocycles. The van der Waals surface area contributed by atoms with Crippen molar-refractivity contribution in [2.45, 2.75) is 44.9 Å². The molecule has 1 aromatic carbocycles. The molecule has 1 aliphatic heterocycles. The van der Waals surface area contributed by atoms with Crippen LogP contribution in [0.5, 0.6) is 5.75 Å². The van der Waals surface area contributed by atoms with Gasteiger partial charge in [0.05, 0.1) is 13.0 Å². The van der Waals surface area contributed by atoms with Crippen LogP contribution >= 0.6 is 0 Å². The molecule has 1 fully saturated rings. The van der Waals surface area contributed by atoms with Crippen LogP contribution in [0.25, 0.3) is 0 Å². The number of amides is 2. The molecule has 0 saturated carbocycles. The topological polar surface area (TPSA) is 55.4 Å². The van der Waals surface area contributed by atoms with Gasteiger partial charge >= 0.3 is 0 Å². The van der Waals surface area contributed by atoms with Crippen molar-refractivity contribution < 1.29 is 14.3 Å². The normalized spacial score (nSPS) is 19.7. The number of benzene rings is 1. The van der Waals surface area contributed by atoms with E-state index < -0.39 is 0 Å². The Labute approximate surface area is 119 Å². The van der Waals surface area contributed by atoms with Crippen LogP contribution in [0.3, 0.4) is 0 Å². The molecule has 0 radical (unpaired) electrons. The van der Waals surface area contributed by atoms with Gasteiger partial charge in [0, 0.05) is 12.0 Å². The third-order valence-corrected chi connectivity index (χ3v) is 3.71. The van der Waals surface area contributed by atoms with Crippen LogP contribution in [0.2, 0.25) is 0 Å². The van der Waals surface area contributed by atoms with E-state index in [0.29, 0.717) is 18.6 Å². The van der Waals surface area contributed by atoms with Crippen LogP contribution in [-0.4, -0.2) is 18.9 Å². The van der Waals surface area contributed by atoms with Crippen molar-refractivity contribution in [1.82, 2.24) is 5.32 Å². The summed E-state index contributed by atoms with van der Waals surface area (Å²) in [6.45, 7) is 6.40. The summed E-state index contributed by atoms with van der Waals surface area (Å²) in [4.78, 5) is 23.2. The molecule has 1 aliphatic rings. The predicted molar refractivity (Wildman–Crippen MR) is 76.8 cm³/mol. The first-order valence-corrected chi connectivity index (χ1v) is 6.85. The number of ether oxygens (including phenoxy) is 1. The van der Waals surface area contributed by atoms with Crippen molar-refractivity contribution in [1.29, 1.82) is 0 Å². The van der Waals surface area contributed by atoms with Crippen molar-refractivity contribution >= 4 is 11.8 Å². The van der Waals surface area contributed by atoms with E-state index >= 15 is 0 Å². The minimum absolute atomic E-state index is 0.0244. The van der Waals surface area contributed by atoms with Crippen molar-refractivity contribution in [3.8, 4) is 5.75 Å². The predicted octanol–water partition coefficient (Wildman–Crippen LogP) is 2.51. The molecule has 4 nitrogen and oxygen atoms in total. The van der Waals surface area contributed by atoms with Gasteiger partial charge in [-0.1, -0.05) is 32.9 Å². The highest BCUT2D eigenvalue weighted by molar-refractivity contribution is 6.01. The lowest BCUT2D eigenvalue weighted by molar-refractivity contribution is -0.134. The average Bonchev–Trinajstić information content (AvgIpc) is 2.37. The Morgan fingerprint density at radius 3 is 2.50 bits per heavy atom. The lowest BCUT2D eigenvalue weighted by Crippen LogP contribution is -2.39. The van der Waals surface area contributed by atoms with Gasteiger partial charge in [0.2, 0.25) is 11.8 Å². The second kappa shape index (κ2) is 5.27. The maximum Gasteiger partial charge on any atom is 0.234 e. The molecule has 0 spiro atoms. The van der Waals surface area contributed by atoms with Crippen LogP contribution in [-0.2, 0) is 15.0 Å². The molecule has 1 atom stereocenters. The van der Waals surface area contributed by atoms with E-state index in [1.54, 1.807) is 7.11 Å². The number of piperidine rings is 1. The maximum atomic E-state index is 12.0. The number of methoxy groups -OCH3 is 1. The van der Waals surface area contributed by atoms with Gasteiger partial charge in [0.15, 0.2) is 0 Å². The fraction of sp³-hybridized carbons (Fsp3) is 0.500. The lowest BCUT2D eigenvalue weighted by atomic mass is 9.83. The van der Waals surface area contributed by atoms with Crippen LogP contribution in [0, 0.1) is 0 Å². The number of rotatable bonds is 2. The van der Waals surface area contributed by atoms with Gasteiger partial charge in [-0.25, -0.2) is 0 Å². The maximum absolute atomic E-state index is 12.0. The average molecular weight is 275 g/mol. The van der Waals surface area contributed by atoms with Gasteiger partial charge in [-0.3, -0.25) is 14.9 Å². The number of hydrogen-bond acceptors (Lipinski definition) is 3. The van der Waals surface area contributed by atoms with E-state index in [2.05, 4.69) is 26.1 Å². The first-order chi connectivity index (χ1) is 9.32. The van der Waals surface area contributed by atoms with Crippen molar-refractivity contribution in [2.75, 3.05) is 7.11 Å². The second-order valence-electron chi connectivity index (χ2n) is 6.21. The molecule has 1 aromatic rings. The minimum Gasteiger partial charge on any atom is -0.496 e. The van der Waals surface area contributed by atoms with Gasteiger partial charge in [-0.05, 0) is 23.5 Å². The number of nitrogens with one attached hydrogen (secondary N) is 1. The van der Waals surface area contributed by atoms with Gasteiger partial charge in [0.25, 0.3) is 0 Å². The van der Waals surface area contributed by atoms with Gasteiger partial charge in [0.1, 0.15) is 5.75 Å². The summed E-state index contributed by atoms with van der Waals surface area (Å²) >= 11 is 0. The highest BCUT2D eigenvalue weighted by atomic mass is 16.5. The molecule has 108 valence electrons. The van der Waals surface area contributed by atoms with E-state index in [0.717, 1.165) is 11.1 Å². The molecule has 20 heavy (non-hydrogen) atoms. The summed E-state index contributed by atoms with van der Waals surface area (Å²) in [5.41, 5.74) is 2.03. The molecule has 2 amide bonds. The molecule has 2 rings (SSSR count). The second-order valence-corrected chi connectivity index (χ2v) is 6.21. The number of carbonyl (C=O) groups excluding carboxylic acids is 2. The molecule has 1 heterocycles. The smallest absolute Gasteiger partial charge is 0.234 e. The third kappa shape index (κ3) is 2.84. The summed E-state index contributed by atoms with van der Waals surface area (Å²) in [5, 5.41) is 2.39. The van der Waals surface area contributed by atoms with Crippen LogP contribution in [0.1, 0.15) is 50.7 Å². The number of imide groups is 1. The summed E-state index contributed by atoms with van der Waals surface area (Å²) in [6, 6.07) is 5.96. The molecular weight excluding hydrogens is 254 g/mol. The Hall–Kier alpha value is -1.84. The minimum atomic E-state index is -0.309. The van der Waals surface area contributed by atoms with Gasteiger partial charge in [-0.15, -0.1) is 0 Å². The first kappa shape index (κ1) is 14.6. The lowest BCUT2D eigenvalue weighted by Gasteiger charge is -2.25. The van der Waals surface area contributed by atoms with Crippen LogP contribution < -0.4 is 10.1 Å². The van der Waals surface area contributed by atoms with Gasteiger partial charge in [-0.2, -0.15) is 0 Å². The summed E-state index contributed by atoms with van der Waals surface area (Å²) < 4.78 is 5.44. The quantitative estimate of drug-likeness (QED) is 0.844. The Kier molecular flexibility index (Phi) is 3.84. The Bertz CT molecular complexity index is 543. The third-order valence-electron chi connectivity index (χ3n) is 3.71. The van der Waals surface area contributed by atoms with Crippen molar-refractivity contribution in [2.24, 2.45) is 0 Å². The summed E-state index contributed by atoms with van der Waals surface area (Å²) in [7, 11) is 1.61. The van der Waals surface area contributed by atoms with E-state index in [-0.39, 0.29) is 23.1 Å². The zero-order valence-corrected chi connectivity index (χ0v) is 12.4. The Morgan fingerprint density at radius 2 is 1.95 bits per heavy atom. The van der Waals surface area contributed by atoms with E-state index in [9.17, 15) is 9.59 Å². The summed E-state index contributed by atoms with van der Waals surface area (Å²) in [5.74, 6) is -0.0248. The van der Waals surface area contributed by atoms with Gasteiger partial charge < -0.3 is 4.74 Å². The molecule has 4 heteroatoms. The van der Waals surface area contributed by atoms with E-state index in [1.165, 1.54) is 0 Å². The molecule has 0 aromatic heterocycles.